The molecule has 1 aromatic rings. The number of hydrogen-bond donors (Lipinski definition) is 2. The summed E-state index contributed by atoms with van der Waals surface area (Å²) in [6.45, 7) is 5.37. The van der Waals surface area contributed by atoms with Gasteiger partial charge in [-0.3, -0.25) is 0 Å². The number of nitrogens with one attached hydrogen (secondary N) is 2. The largest absolute Gasteiger partial charge is 0.378 e. The van der Waals surface area contributed by atoms with E-state index in [2.05, 4.69) is 20.6 Å². The second kappa shape index (κ2) is 5.95. The first kappa shape index (κ1) is 13.0. The number of anilines is 2. The van der Waals surface area contributed by atoms with Gasteiger partial charge in [0.15, 0.2) is 11.6 Å². The molecule has 1 fully saturated rings. The number of rotatable bonds is 4. The van der Waals surface area contributed by atoms with Crippen LogP contribution in [0.1, 0.15) is 26.7 Å². The summed E-state index contributed by atoms with van der Waals surface area (Å²) in [5.41, 5.74) is 0. The van der Waals surface area contributed by atoms with E-state index in [9.17, 15) is 4.39 Å². The van der Waals surface area contributed by atoms with E-state index in [0.29, 0.717) is 19.1 Å². The van der Waals surface area contributed by atoms with Gasteiger partial charge in [-0.15, -0.1) is 0 Å². The lowest BCUT2D eigenvalue weighted by atomic mass is 10.0. The van der Waals surface area contributed by atoms with Crippen LogP contribution in [0.25, 0.3) is 0 Å². The van der Waals surface area contributed by atoms with Crippen LogP contribution in [0.2, 0.25) is 0 Å². The number of halogens is 1. The van der Waals surface area contributed by atoms with Crippen LogP contribution in [-0.4, -0.2) is 35.3 Å². The zero-order valence-corrected chi connectivity index (χ0v) is 10.7. The minimum absolute atomic E-state index is 0.202. The van der Waals surface area contributed by atoms with Crippen LogP contribution in [0.15, 0.2) is 6.20 Å². The summed E-state index contributed by atoms with van der Waals surface area (Å²) in [5, 5.41) is 6.10. The molecule has 2 atom stereocenters. The first-order valence-corrected chi connectivity index (χ1v) is 6.33. The van der Waals surface area contributed by atoms with E-state index in [-0.39, 0.29) is 18.0 Å². The monoisotopic (exact) mass is 254 g/mol. The molecule has 0 bridgehead atoms. The van der Waals surface area contributed by atoms with Gasteiger partial charge >= 0.3 is 0 Å². The average molecular weight is 254 g/mol. The lowest BCUT2D eigenvalue weighted by molar-refractivity contribution is 0.0231. The van der Waals surface area contributed by atoms with Gasteiger partial charge in [0, 0.05) is 19.2 Å². The molecule has 0 amide bonds. The molecule has 2 heterocycles. The molecule has 1 aliphatic heterocycles. The minimum Gasteiger partial charge on any atom is -0.378 e. The topological polar surface area (TPSA) is 59.1 Å². The van der Waals surface area contributed by atoms with Crippen LogP contribution in [0.3, 0.4) is 0 Å². The summed E-state index contributed by atoms with van der Waals surface area (Å²) in [6.07, 6.45) is 3.12. The molecular formula is C12H19FN4O. The van der Waals surface area contributed by atoms with Crippen molar-refractivity contribution >= 4 is 11.8 Å². The van der Waals surface area contributed by atoms with Gasteiger partial charge in [0.1, 0.15) is 0 Å². The summed E-state index contributed by atoms with van der Waals surface area (Å²) in [7, 11) is 0. The van der Waals surface area contributed by atoms with E-state index in [1.807, 2.05) is 13.8 Å². The molecule has 0 aliphatic carbocycles. The van der Waals surface area contributed by atoms with Crippen molar-refractivity contribution in [2.45, 2.75) is 38.8 Å². The first-order valence-electron chi connectivity index (χ1n) is 6.33. The highest BCUT2D eigenvalue weighted by Gasteiger charge is 2.20. The molecule has 0 radical (unpaired) electrons. The fourth-order valence-electron chi connectivity index (χ4n) is 2.03. The summed E-state index contributed by atoms with van der Waals surface area (Å²) in [5.74, 6) is 0.289. The van der Waals surface area contributed by atoms with Gasteiger partial charge in [-0.1, -0.05) is 0 Å². The van der Waals surface area contributed by atoms with Gasteiger partial charge in [0.05, 0.1) is 12.3 Å². The standard InChI is InChI=1S/C12H19FN4O/c1-3-14-12-15-7-10(13)11(17-12)16-9-4-5-18-8(2)6-9/h7-9H,3-6H2,1-2H3,(H2,14,15,16,17). The van der Waals surface area contributed by atoms with Gasteiger partial charge < -0.3 is 15.4 Å². The Kier molecular flexibility index (Phi) is 4.30. The van der Waals surface area contributed by atoms with Crippen LogP contribution < -0.4 is 10.6 Å². The second-order valence-electron chi connectivity index (χ2n) is 4.47. The predicted octanol–water partition coefficient (Wildman–Crippen LogP) is 2.03. The molecule has 0 aromatic carbocycles. The molecule has 6 heteroatoms. The molecule has 2 unspecified atom stereocenters. The molecule has 0 spiro atoms. The SMILES string of the molecule is CCNc1ncc(F)c(NC2CCOC(C)C2)n1. The van der Waals surface area contributed by atoms with Crippen molar-refractivity contribution in [3.05, 3.63) is 12.0 Å². The molecule has 100 valence electrons. The highest BCUT2D eigenvalue weighted by atomic mass is 19.1. The third kappa shape index (κ3) is 3.29. The Morgan fingerprint density at radius 3 is 3.11 bits per heavy atom. The Bertz CT molecular complexity index is 402. The Hall–Kier alpha value is -1.43. The van der Waals surface area contributed by atoms with Crippen molar-refractivity contribution in [1.82, 2.24) is 9.97 Å². The fraction of sp³-hybridized carbons (Fsp3) is 0.667. The molecule has 0 saturated carbocycles. The summed E-state index contributed by atoms with van der Waals surface area (Å²) in [4.78, 5) is 8.01. The molecular weight excluding hydrogens is 235 g/mol. The number of hydrogen-bond acceptors (Lipinski definition) is 5. The van der Waals surface area contributed by atoms with Crippen molar-refractivity contribution in [3.8, 4) is 0 Å². The lowest BCUT2D eigenvalue weighted by Crippen LogP contribution is -2.33. The maximum atomic E-state index is 13.6. The summed E-state index contributed by atoms with van der Waals surface area (Å²) in [6, 6.07) is 0.202. The molecule has 2 rings (SSSR count). The van der Waals surface area contributed by atoms with Gasteiger partial charge in [-0.2, -0.15) is 4.98 Å². The van der Waals surface area contributed by atoms with Crippen LogP contribution in [0.5, 0.6) is 0 Å². The van der Waals surface area contributed by atoms with Crippen molar-refractivity contribution in [2.75, 3.05) is 23.8 Å². The lowest BCUT2D eigenvalue weighted by Gasteiger charge is -2.28. The third-order valence-electron chi connectivity index (χ3n) is 2.90. The number of ether oxygens (including phenoxy) is 1. The first-order chi connectivity index (χ1) is 8.69. The molecule has 5 nitrogen and oxygen atoms in total. The van der Waals surface area contributed by atoms with Gasteiger partial charge in [0.2, 0.25) is 5.95 Å². The zero-order chi connectivity index (χ0) is 13.0. The van der Waals surface area contributed by atoms with Crippen LogP contribution in [-0.2, 0) is 4.74 Å². The smallest absolute Gasteiger partial charge is 0.224 e. The van der Waals surface area contributed by atoms with E-state index < -0.39 is 5.82 Å². The van der Waals surface area contributed by atoms with Crippen LogP contribution >= 0.6 is 0 Å². The quantitative estimate of drug-likeness (QED) is 0.861. The third-order valence-corrected chi connectivity index (χ3v) is 2.90. The Labute approximate surface area is 106 Å². The molecule has 1 saturated heterocycles. The van der Waals surface area contributed by atoms with Gasteiger partial charge in [-0.05, 0) is 26.7 Å². The van der Waals surface area contributed by atoms with Crippen molar-refractivity contribution < 1.29 is 9.13 Å². The maximum Gasteiger partial charge on any atom is 0.224 e. The second-order valence-corrected chi connectivity index (χ2v) is 4.47. The van der Waals surface area contributed by atoms with E-state index in [1.165, 1.54) is 6.20 Å². The highest BCUT2D eigenvalue weighted by molar-refractivity contribution is 5.41. The molecule has 2 N–H and O–H groups in total. The average Bonchev–Trinajstić information content (AvgIpc) is 2.34. The van der Waals surface area contributed by atoms with Crippen molar-refractivity contribution in [3.63, 3.8) is 0 Å². The minimum atomic E-state index is -0.421. The number of nitrogens with zero attached hydrogens (tertiary/aromatic N) is 2. The molecule has 1 aliphatic rings. The predicted molar refractivity (Wildman–Crippen MR) is 68.2 cm³/mol. The summed E-state index contributed by atoms with van der Waals surface area (Å²) >= 11 is 0. The Morgan fingerprint density at radius 1 is 1.56 bits per heavy atom. The van der Waals surface area contributed by atoms with E-state index in [0.717, 1.165) is 12.8 Å². The maximum absolute atomic E-state index is 13.6. The van der Waals surface area contributed by atoms with Crippen LogP contribution in [0, 0.1) is 5.82 Å². The summed E-state index contributed by atoms with van der Waals surface area (Å²) < 4.78 is 19.1. The van der Waals surface area contributed by atoms with Crippen LogP contribution in [0.4, 0.5) is 16.2 Å². The fourth-order valence-corrected chi connectivity index (χ4v) is 2.03. The van der Waals surface area contributed by atoms with E-state index in [1.54, 1.807) is 0 Å². The molecule has 18 heavy (non-hydrogen) atoms. The molecule has 1 aromatic heterocycles. The van der Waals surface area contributed by atoms with Crippen molar-refractivity contribution in [2.24, 2.45) is 0 Å². The zero-order valence-electron chi connectivity index (χ0n) is 10.7. The number of aromatic nitrogens is 2. The highest BCUT2D eigenvalue weighted by Crippen LogP contribution is 2.19. The van der Waals surface area contributed by atoms with Gasteiger partial charge in [-0.25, -0.2) is 9.37 Å². The van der Waals surface area contributed by atoms with Crippen molar-refractivity contribution in [1.29, 1.82) is 0 Å². The normalized spacial score (nSPS) is 23.7. The van der Waals surface area contributed by atoms with E-state index >= 15 is 0 Å². The Morgan fingerprint density at radius 2 is 2.39 bits per heavy atom. The van der Waals surface area contributed by atoms with E-state index in [4.69, 9.17) is 4.74 Å². The van der Waals surface area contributed by atoms with Gasteiger partial charge in [0.25, 0.3) is 0 Å². The Balaban J connectivity index is 2.05.